The Balaban J connectivity index is 1.88. The number of rotatable bonds is 5. The van der Waals surface area contributed by atoms with Crippen LogP contribution < -0.4 is 10.5 Å². The van der Waals surface area contributed by atoms with Gasteiger partial charge in [-0.15, -0.1) is 0 Å². The molecule has 0 amide bonds. The quantitative estimate of drug-likeness (QED) is 0.622. The van der Waals surface area contributed by atoms with E-state index in [2.05, 4.69) is 9.97 Å². The molecule has 98 valence electrons. The van der Waals surface area contributed by atoms with Gasteiger partial charge in [-0.05, 0) is 31.2 Å². The third-order valence-electron chi connectivity index (χ3n) is 3.37. The van der Waals surface area contributed by atoms with Crippen molar-refractivity contribution in [2.75, 3.05) is 13.2 Å². The summed E-state index contributed by atoms with van der Waals surface area (Å²) in [6.45, 7) is 1.20. The molecule has 0 radical (unpaired) electrons. The maximum absolute atomic E-state index is 10.4. The normalized spacial score (nSPS) is 22.9. The molecule has 7 nitrogen and oxygen atoms in total. The van der Waals surface area contributed by atoms with E-state index in [-0.39, 0.29) is 11.7 Å². The lowest BCUT2D eigenvalue weighted by atomic mass is 9.97. The second-order valence-corrected chi connectivity index (χ2v) is 4.48. The summed E-state index contributed by atoms with van der Waals surface area (Å²) in [5, 5.41) is 10.4. The van der Waals surface area contributed by atoms with Crippen LogP contribution in [0.5, 0.6) is 6.01 Å². The topological polar surface area (TPSA) is 104 Å². The minimum absolute atomic E-state index is 0.136. The second kappa shape index (κ2) is 5.72. The van der Waals surface area contributed by atoms with Crippen molar-refractivity contribution in [2.24, 2.45) is 17.6 Å². The van der Waals surface area contributed by atoms with Gasteiger partial charge in [0.15, 0.2) is 0 Å². The van der Waals surface area contributed by atoms with Crippen molar-refractivity contribution in [3.8, 4) is 6.01 Å². The third-order valence-corrected chi connectivity index (χ3v) is 3.37. The van der Waals surface area contributed by atoms with Gasteiger partial charge in [0.1, 0.15) is 12.4 Å². The standard InChI is InChI=1S/C11H16N4O3/c12-4-8-2-1-3-9(8)7-18-11-13-5-10(6-14-11)15(16)17/h5-6,8-9H,1-4,7,12H2. The molecule has 0 aromatic carbocycles. The van der Waals surface area contributed by atoms with Gasteiger partial charge in [-0.3, -0.25) is 10.1 Å². The van der Waals surface area contributed by atoms with Crippen molar-refractivity contribution in [1.82, 2.24) is 9.97 Å². The Kier molecular flexibility index (Phi) is 4.03. The minimum Gasteiger partial charge on any atom is -0.463 e. The van der Waals surface area contributed by atoms with Gasteiger partial charge in [-0.2, -0.15) is 9.97 Å². The molecule has 7 heteroatoms. The van der Waals surface area contributed by atoms with Crippen LogP contribution in [-0.2, 0) is 0 Å². The molecule has 2 N–H and O–H groups in total. The molecule has 1 heterocycles. The first-order valence-corrected chi connectivity index (χ1v) is 6.00. The number of ether oxygens (including phenoxy) is 1. The maximum Gasteiger partial charge on any atom is 0.316 e. The summed E-state index contributed by atoms with van der Waals surface area (Å²) in [5.74, 6) is 0.942. The van der Waals surface area contributed by atoms with Gasteiger partial charge in [-0.25, -0.2) is 0 Å². The molecule has 2 rings (SSSR count). The van der Waals surface area contributed by atoms with Crippen LogP contribution in [-0.4, -0.2) is 28.0 Å². The van der Waals surface area contributed by atoms with Gasteiger partial charge in [0, 0.05) is 0 Å². The highest BCUT2D eigenvalue weighted by Crippen LogP contribution is 2.31. The van der Waals surface area contributed by atoms with E-state index in [0.717, 1.165) is 25.2 Å². The van der Waals surface area contributed by atoms with Gasteiger partial charge in [0.05, 0.1) is 11.5 Å². The molecule has 1 saturated carbocycles. The Morgan fingerprint density at radius 1 is 1.39 bits per heavy atom. The van der Waals surface area contributed by atoms with E-state index in [9.17, 15) is 10.1 Å². The van der Waals surface area contributed by atoms with Gasteiger partial charge >= 0.3 is 11.7 Å². The highest BCUT2D eigenvalue weighted by molar-refractivity contribution is 5.21. The molecule has 1 fully saturated rings. The van der Waals surface area contributed by atoms with Crippen LogP contribution in [0.2, 0.25) is 0 Å². The van der Waals surface area contributed by atoms with Crippen molar-refractivity contribution >= 4 is 5.69 Å². The fourth-order valence-corrected chi connectivity index (χ4v) is 2.30. The minimum atomic E-state index is -0.537. The molecule has 0 spiro atoms. The molecule has 2 unspecified atom stereocenters. The van der Waals surface area contributed by atoms with E-state index in [1.54, 1.807) is 0 Å². The molecule has 0 aliphatic heterocycles. The number of aromatic nitrogens is 2. The number of nitro groups is 1. The van der Waals surface area contributed by atoms with Crippen LogP contribution in [0, 0.1) is 22.0 Å². The number of nitrogens with zero attached hydrogens (tertiary/aromatic N) is 3. The molecular weight excluding hydrogens is 236 g/mol. The SMILES string of the molecule is NCC1CCCC1COc1ncc([N+](=O)[O-])cn1. The first-order chi connectivity index (χ1) is 8.70. The lowest BCUT2D eigenvalue weighted by molar-refractivity contribution is -0.385. The molecule has 1 aliphatic rings. The summed E-state index contributed by atoms with van der Waals surface area (Å²) >= 11 is 0. The largest absolute Gasteiger partial charge is 0.463 e. The van der Waals surface area contributed by atoms with Crippen molar-refractivity contribution in [1.29, 1.82) is 0 Å². The van der Waals surface area contributed by atoms with E-state index >= 15 is 0 Å². The van der Waals surface area contributed by atoms with E-state index in [4.69, 9.17) is 10.5 Å². The highest BCUT2D eigenvalue weighted by atomic mass is 16.6. The van der Waals surface area contributed by atoms with Crippen molar-refractivity contribution in [3.05, 3.63) is 22.5 Å². The van der Waals surface area contributed by atoms with Crippen LogP contribution in [0.4, 0.5) is 5.69 Å². The van der Waals surface area contributed by atoms with Gasteiger partial charge < -0.3 is 10.5 Å². The van der Waals surface area contributed by atoms with E-state index in [1.807, 2.05) is 0 Å². The Morgan fingerprint density at radius 3 is 2.67 bits per heavy atom. The summed E-state index contributed by atoms with van der Waals surface area (Å²) in [6.07, 6.45) is 5.73. The number of nitrogens with two attached hydrogens (primary N) is 1. The summed E-state index contributed by atoms with van der Waals surface area (Å²) in [4.78, 5) is 17.5. The number of hydrogen-bond donors (Lipinski definition) is 1. The van der Waals surface area contributed by atoms with Crippen LogP contribution in [0.1, 0.15) is 19.3 Å². The zero-order valence-corrected chi connectivity index (χ0v) is 9.99. The van der Waals surface area contributed by atoms with Gasteiger partial charge in [0.25, 0.3) is 0 Å². The molecule has 18 heavy (non-hydrogen) atoms. The van der Waals surface area contributed by atoms with Gasteiger partial charge in [-0.1, -0.05) is 6.42 Å². The second-order valence-electron chi connectivity index (χ2n) is 4.48. The lowest BCUT2D eigenvalue weighted by Gasteiger charge is -2.17. The zero-order valence-electron chi connectivity index (χ0n) is 9.99. The van der Waals surface area contributed by atoms with Crippen LogP contribution in [0.3, 0.4) is 0 Å². The van der Waals surface area contributed by atoms with E-state index in [0.29, 0.717) is 25.0 Å². The van der Waals surface area contributed by atoms with E-state index in [1.165, 1.54) is 6.42 Å². The maximum atomic E-state index is 10.4. The van der Waals surface area contributed by atoms with Crippen molar-refractivity contribution in [3.63, 3.8) is 0 Å². The smallest absolute Gasteiger partial charge is 0.316 e. The number of hydrogen-bond acceptors (Lipinski definition) is 6. The molecule has 0 bridgehead atoms. The molecule has 0 saturated heterocycles. The third kappa shape index (κ3) is 2.92. The first kappa shape index (κ1) is 12.7. The van der Waals surface area contributed by atoms with Crippen LogP contribution >= 0.6 is 0 Å². The predicted octanol–water partition coefficient (Wildman–Crippen LogP) is 1.14. The average molecular weight is 252 g/mol. The summed E-state index contributed by atoms with van der Waals surface area (Å²) in [6, 6.07) is 0.184. The summed E-state index contributed by atoms with van der Waals surface area (Å²) in [7, 11) is 0. The van der Waals surface area contributed by atoms with Gasteiger partial charge in [0.2, 0.25) is 0 Å². The van der Waals surface area contributed by atoms with Crippen molar-refractivity contribution in [2.45, 2.75) is 19.3 Å². The fraction of sp³-hybridized carbons (Fsp3) is 0.636. The first-order valence-electron chi connectivity index (χ1n) is 6.00. The lowest BCUT2D eigenvalue weighted by Crippen LogP contribution is -2.23. The fourth-order valence-electron chi connectivity index (χ4n) is 2.30. The Hall–Kier alpha value is -1.76. The Morgan fingerprint density at radius 2 is 2.06 bits per heavy atom. The molecule has 1 aromatic heterocycles. The highest BCUT2D eigenvalue weighted by Gasteiger charge is 2.26. The van der Waals surface area contributed by atoms with Crippen molar-refractivity contribution < 1.29 is 9.66 Å². The monoisotopic (exact) mass is 252 g/mol. The molecule has 1 aliphatic carbocycles. The Labute approximate surface area is 105 Å². The zero-order chi connectivity index (χ0) is 13.0. The van der Waals surface area contributed by atoms with Crippen LogP contribution in [0.25, 0.3) is 0 Å². The Bertz CT molecular complexity index is 409. The predicted molar refractivity (Wildman–Crippen MR) is 64.1 cm³/mol. The average Bonchev–Trinajstić information content (AvgIpc) is 2.84. The molecule has 1 aromatic rings. The molecule has 2 atom stereocenters. The molecular formula is C11H16N4O3. The summed E-state index contributed by atoms with van der Waals surface area (Å²) < 4.78 is 5.46. The summed E-state index contributed by atoms with van der Waals surface area (Å²) in [5.41, 5.74) is 5.55. The van der Waals surface area contributed by atoms with Crippen LogP contribution in [0.15, 0.2) is 12.4 Å². The van der Waals surface area contributed by atoms with E-state index < -0.39 is 4.92 Å².